The summed E-state index contributed by atoms with van der Waals surface area (Å²) in [7, 11) is 1.21. The van der Waals surface area contributed by atoms with Crippen LogP contribution >= 0.6 is 22.9 Å². The van der Waals surface area contributed by atoms with E-state index in [0.717, 1.165) is 11.3 Å². The quantitative estimate of drug-likeness (QED) is 0.208. The van der Waals surface area contributed by atoms with Crippen LogP contribution in [0.15, 0.2) is 10.5 Å². The number of halogens is 2. The molecule has 1 aliphatic heterocycles. The Bertz CT molecular complexity index is 667. The molecule has 0 spiro atoms. The van der Waals surface area contributed by atoms with Gasteiger partial charge in [-0.1, -0.05) is 5.16 Å². The lowest BCUT2D eigenvalue weighted by atomic mass is 10.1. The zero-order valence-corrected chi connectivity index (χ0v) is 13.2. The minimum absolute atomic E-state index is 0.0920. The second-order valence-corrected chi connectivity index (χ2v) is 5.33. The number of anilines is 1. The summed E-state index contributed by atoms with van der Waals surface area (Å²) in [6.45, 7) is 0. The lowest BCUT2D eigenvalue weighted by molar-refractivity contribution is -0.139. The summed E-state index contributed by atoms with van der Waals surface area (Å²) in [6, 6.07) is -1.29. The Labute approximate surface area is 138 Å². The Morgan fingerprint density at radius 1 is 1.61 bits per heavy atom. The number of hydrogen-bond acceptors (Lipinski definition) is 7. The number of β-lactam (4-membered cyclic amide) rings is 1. The monoisotopic (exact) mass is 363 g/mol. The molecule has 2 rings (SSSR count). The smallest absolute Gasteiger partial charge is 0.276 e. The Morgan fingerprint density at radius 2 is 2.35 bits per heavy atom. The highest BCUT2D eigenvalue weighted by Gasteiger charge is 2.41. The maximum Gasteiger partial charge on any atom is 0.276 e. The van der Waals surface area contributed by atoms with E-state index in [2.05, 4.69) is 25.6 Å². The molecule has 1 aromatic heterocycles. The molecule has 2 atom stereocenters. The van der Waals surface area contributed by atoms with Crippen LogP contribution in [0.2, 0.25) is 0 Å². The molecule has 0 radical (unpaired) electrons. The molecule has 1 saturated heterocycles. The predicted octanol–water partition coefficient (Wildman–Crippen LogP) is -0.419. The highest BCUT2D eigenvalue weighted by molar-refractivity contribution is 7.14. The summed E-state index contributed by atoms with van der Waals surface area (Å²) in [5.41, 5.74) is -0.170. The van der Waals surface area contributed by atoms with Gasteiger partial charge in [-0.25, -0.2) is 9.37 Å². The molecule has 0 saturated carbocycles. The van der Waals surface area contributed by atoms with E-state index in [4.69, 9.17) is 11.6 Å². The number of aromatic nitrogens is 1. The van der Waals surface area contributed by atoms with E-state index >= 15 is 0 Å². The molecular weight excluding hydrogens is 353 g/mol. The fraction of sp³-hybridized carbons (Fsp3) is 0.364. The Balaban J connectivity index is 2.12. The molecule has 1 aromatic rings. The van der Waals surface area contributed by atoms with E-state index in [1.807, 2.05) is 5.32 Å². The van der Waals surface area contributed by atoms with Crippen molar-refractivity contribution in [2.45, 2.75) is 12.3 Å². The normalized spacial score (nSPS) is 20.3. The number of carbonyl (C=O) groups is 3. The number of amides is 3. The topological polar surface area (TPSA) is 122 Å². The third-order valence-corrected chi connectivity index (χ3v) is 3.65. The van der Waals surface area contributed by atoms with Crippen LogP contribution < -0.4 is 16.0 Å². The third kappa shape index (κ3) is 3.93. The van der Waals surface area contributed by atoms with Gasteiger partial charge >= 0.3 is 0 Å². The van der Waals surface area contributed by atoms with Gasteiger partial charge in [0, 0.05) is 5.38 Å². The first-order valence-corrected chi connectivity index (χ1v) is 7.56. The summed E-state index contributed by atoms with van der Waals surface area (Å²) in [6.07, 6.45) is -1.66. The number of carbonyl (C=O) groups excluding carboxylic acids is 3. The lowest BCUT2D eigenvalue weighted by Crippen LogP contribution is -2.67. The van der Waals surface area contributed by atoms with Crippen LogP contribution in [0.5, 0.6) is 0 Å². The summed E-state index contributed by atoms with van der Waals surface area (Å²) >= 11 is 6.40. The van der Waals surface area contributed by atoms with Gasteiger partial charge in [0.2, 0.25) is 18.1 Å². The average Bonchev–Trinajstić information content (AvgIpc) is 2.98. The number of thiazole rings is 1. The van der Waals surface area contributed by atoms with Gasteiger partial charge in [-0.2, -0.15) is 0 Å². The first-order chi connectivity index (χ1) is 11.0. The van der Waals surface area contributed by atoms with Gasteiger partial charge in [0.1, 0.15) is 18.7 Å². The summed E-state index contributed by atoms with van der Waals surface area (Å²) < 4.78 is 13.1. The molecule has 124 valence electrons. The maximum absolute atomic E-state index is 13.1. The van der Waals surface area contributed by atoms with E-state index < -0.39 is 30.1 Å². The second kappa shape index (κ2) is 7.33. The van der Waals surface area contributed by atoms with Crippen LogP contribution in [-0.4, -0.2) is 53.7 Å². The summed E-state index contributed by atoms with van der Waals surface area (Å²) in [5, 5.41) is 11.7. The van der Waals surface area contributed by atoms with Gasteiger partial charge in [0.05, 0.1) is 0 Å². The number of oxime groups is 1. The molecule has 2 unspecified atom stereocenters. The molecule has 23 heavy (non-hydrogen) atoms. The molecule has 3 N–H and O–H groups in total. The van der Waals surface area contributed by atoms with Crippen LogP contribution in [0.1, 0.15) is 5.69 Å². The van der Waals surface area contributed by atoms with Gasteiger partial charge in [0.15, 0.2) is 16.9 Å². The van der Waals surface area contributed by atoms with Crippen molar-refractivity contribution in [3.05, 3.63) is 11.1 Å². The molecule has 0 bridgehead atoms. The Kier molecular flexibility index (Phi) is 5.45. The van der Waals surface area contributed by atoms with Crippen molar-refractivity contribution in [1.82, 2.24) is 15.6 Å². The zero-order valence-electron chi connectivity index (χ0n) is 11.6. The first kappa shape index (κ1) is 17.1. The maximum atomic E-state index is 13.1. The van der Waals surface area contributed by atoms with Crippen LogP contribution in [0, 0.1) is 0 Å². The minimum atomic E-state index is -1.66. The molecule has 12 heteroatoms. The molecule has 9 nitrogen and oxygen atoms in total. The molecule has 1 aliphatic rings. The first-order valence-electron chi connectivity index (χ1n) is 6.14. The van der Waals surface area contributed by atoms with Crippen molar-refractivity contribution >= 4 is 51.5 Å². The number of alkyl halides is 2. The van der Waals surface area contributed by atoms with Gasteiger partial charge in [-0.3, -0.25) is 14.4 Å². The average molecular weight is 364 g/mol. The number of rotatable bonds is 6. The number of nitrogens with one attached hydrogen (secondary N) is 3. The van der Waals surface area contributed by atoms with Gasteiger partial charge < -0.3 is 20.8 Å². The minimum Gasteiger partial charge on any atom is -0.398 e. The SMILES string of the molecule is CO/N=C(\C(=O)NC1C(=O)NC1F)c1csc(NC(=O)CCl)n1. The largest absolute Gasteiger partial charge is 0.398 e. The fourth-order valence-electron chi connectivity index (χ4n) is 1.58. The van der Waals surface area contributed by atoms with E-state index in [1.54, 1.807) is 0 Å². The Morgan fingerprint density at radius 3 is 2.91 bits per heavy atom. The fourth-order valence-corrected chi connectivity index (χ4v) is 2.36. The molecule has 1 fully saturated rings. The standard InChI is InChI=1S/C11H11ClFN5O4S/c1-22-18-6(9(20)16-7-8(13)17-10(7)21)4-3-23-11(14-4)15-5(19)2-12/h3,7-8H,2H2,1H3,(H,16,20)(H,17,21)(H,14,15,19)/b18-6-. The van der Waals surface area contributed by atoms with Crippen molar-refractivity contribution < 1.29 is 23.6 Å². The zero-order chi connectivity index (χ0) is 17.0. The van der Waals surface area contributed by atoms with E-state index in [-0.39, 0.29) is 22.4 Å². The predicted molar refractivity (Wildman–Crippen MR) is 80.0 cm³/mol. The van der Waals surface area contributed by atoms with E-state index in [0.29, 0.717) is 0 Å². The third-order valence-electron chi connectivity index (χ3n) is 2.65. The van der Waals surface area contributed by atoms with Gasteiger partial charge in [-0.15, -0.1) is 22.9 Å². The van der Waals surface area contributed by atoms with Gasteiger partial charge in [-0.05, 0) is 0 Å². The van der Waals surface area contributed by atoms with Crippen LogP contribution in [0.4, 0.5) is 9.52 Å². The van der Waals surface area contributed by atoms with Gasteiger partial charge in [0.25, 0.3) is 5.91 Å². The summed E-state index contributed by atoms with van der Waals surface area (Å²) in [5.74, 6) is -2.19. The van der Waals surface area contributed by atoms with Crippen molar-refractivity contribution in [3.63, 3.8) is 0 Å². The molecule has 2 heterocycles. The van der Waals surface area contributed by atoms with Crippen molar-refractivity contribution in [3.8, 4) is 0 Å². The number of nitrogens with zero attached hydrogens (tertiary/aromatic N) is 2. The molecule has 3 amide bonds. The highest BCUT2D eigenvalue weighted by Crippen LogP contribution is 2.17. The van der Waals surface area contributed by atoms with Crippen LogP contribution in [0.3, 0.4) is 0 Å². The highest BCUT2D eigenvalue weighted by atomic mass is 35.5. The van der Waals surface area contributed by atoms with Crippen molar-refractivity contribution in [2.24, 2.45) is 5.16 Å². The lowest BCUT2D eigenvalue weighted by Gasteiger charge is -2.30. The molecular formula is C11H11ClFN5O4S. The molecule has 0 aromatic carbocycles. The second-order valence-electron chi connectivity index (χ2n) is 4.20. The van der Waals surface area contributed by atoms with Crippen molar-refractivity contribution in [2.75, 3.05) is 18.3 Å². The summed E-state index contributed by atoms with van der Waals surface area (Å²) in [4.78, 5) is 43.0. The van der Waals surface area contributed by atoms with E-state index in [9.17, 15) is 18.8 Å². The van der Waals surface area contributed by atoms with Crippen LogP contribution in [-0.2, 0) is 19.2 Å². The Hall–Kier alpha value is -2.27. The number of hydrogen-bond donors (Lipinski definition) is 3. The molecule has 0 aliphatic carbocycles. The van der Waals surface area contributed by atoms with Crippen LogP contribution in [0.25, 0.3) is 0 Å². The van der Waals surface area contributed by atoms with E-state index in [1.165, 1.54) is 12.5 Å². The van der Waals surface area contributed by atoms with Crippen molar-refractivity contribution in [1.29, 1.82) is 0 Å².